The van der Waals surface area contributed by atoms with E-state index in [-0.39, 0.29) is 23.4 Å². The molecule has 0 aliphatic heterocycles. The second kappa shape index (κ2) is 11.9. The highest BCUT2D eigenvalue weighted by Crippen LogP contribution is 2.68. The number of nitrogens with zero attached hydrogens (tertiary/aromatic N) is 2. The van der Waals surface area contributed by atoms with Gasteiger partial charge < -0.3 is 23.0 Å². The van der Waals surface area contributed by atoms with Gasteiger partial charge in [-0.05, 0) is 115 Å². The van der Waals surface area contributed by atoms with Crippen molar-refractivity contribution in [2.75, 3.05) is 20.8 Å². The van der Waals surface area contributed by atoms with Crippen LogP contribution in [0, 0.1) is 28.6 Å². The Bertz CT molecular complexity index is 1170. The van der Waals surface area contributed by atoms with E-state index in [1.807, 2.05) is 0 Å². The predicted molar refractivity (Wildman–Crippen MR) is 181 cm³/mol. The molecule has 0 bridgehead atoms. The molecule has 8 nitrogen and oxygen atoms in total. The van der Waals surface area contributed by atoms with E-state index in [1.165, 1.54) is 5.57 Å². The second-order valence-corrected chi connectivity index (χ2v) is 30.1. The van der Waals surface area contributed by atoms with Crippen molar-refractivity contribution in [1.29, 1.82) is 0 Å². The minimum absolute atomic E-state index is 0.0364. The van der Waals surface area contributed by atoms with Crippen LogP contribution >= 0.6 is 0 Å². The molecule has 7 atom stereocenters. The minimum atomic E-state index is -2.10. The number of oxime groups is 2. The summed E-state index contributed by atoms with van der Waals surface area (Å²) in [5.74, 6) is 0.792. The Labute approximate surface area is 263 Å². The fourth-order valence-electron chi connectivity index (χ4n) is 8.97. The normalized spacial score (nSPS) is 37.9. The maximum absolute atomic E-state index is 14.7. The van der Waals surface area contributed by atoms with Gasteiger partial charge in [0, 0.05) is 23.2 Å². The maximum Gasteiger partial charge on any atom is 0.185 e. The summed E-state index contributed by atoms with van der Waals surface area (Å²) in [7, 11) is -2.66. The number of rotatable bonds is 10. The molecule has 0 radical (unpaired) electrons. The molecule has 4 rings (SSSR count). The Kier molecular flexibility index (Phi) is 9.63. The van der Waals surface area contributed by atoms with Gasteiger partial charge in [-0.3, -0.25) is 4.79 Å². The molecule has 0 unspecified atom stereocenters. The summed E-state index contributed by atoms with van der Waals surface area (Å²) in [6, 6.07) is 0. The number of fused-ring (bicyclic) bond motifs is 5. The van der Waals surface area contributed by atoms with Crippen LogP contribution in [0.4, 0.5) is 0 Å². The van der Waals surface area contributed by atoms with Gasteiger partial charge in [0.1, 0.15) is 31.3 Å². The first kappa shape index (κ1) is 34.7. The van der Waals surface area contributed by atoms with Crippen LogP contribution in [0.5, 0.6) is 0 Å². The van der Waals surface area contributed by atoms with Crippen molar-refractivity contribution in [2.24, 2.45) is 38.9 Å². The lowest BCUT2D eigenvalue weighted by atomic mass is 9.45. The van der Waals surface area contributed by atoms with Crippen LogP contribution in [0.3, 0.4) is 0 Å². The Morgan fingerprint density at radius 2 is 1.63 bits per heavy atom. The average molecular weight is 651 g/mol. The van der Waals surface area contributed by atoms with Gasteiger partial charge in [0.25, 0.3) is 0 Å². The third kappa shape index (κ3) is 6.72. The van der Waals surface area contributed by atoms with Gasteiger partial charge in [0.05, 0.1) is 18.4 Å². The number of carbonyl (C=O) groups is 1. The lowest BCUT2D eigenvalue weighted by Crippen LogP contribution is -2.65. The smallest absolute Gasteiger partial charge is 0.185 e. The zero-order chi connectivity index (χ0) is 32.2. The van der Waals surface area contributed by atoms with E-state index in [0.717, 1.165) is 43.5 Å². The molecule has 0 heterocycles. The standard InChI is InChI=1S/C32H58N2O6Si3/c1-30-16-14-22(33-36-3)18-25(30)27(39-42(8,9)10)19-23-24-15-17-32(40-43(11,12)13,31(24,2)20-26(35)29(23)30)28(34-37-4)21-38-41(5,6)7/h18,23-24,27,29H,14-17,19-21H2,1-13H3/b33-22+,34-28+/t23-,24-,27+,29+,30-,31-,32-/m0/s1. The Hall–Kier alpha value is -1.12. The monoisotopic (exact) mass is 650 g/mol. The first-order valence-corrected chi connectivity index (χ1v) is 26.4. The molecular formula is C32H58N2O6Si3. The van der Waals surface area contributed by atoms with Crippen molar-refractivity contribution in [3.05, 3.63) is 11.6 Å². The summed E-state index contributed by atoms with van der Waals surface area (Å²) in [5.41, 5.74) is 1.58. The van der Waals surface area contributed by atoms with Crippen molar-refractivity contribution in [3.63, 3.8) is 0 Å². The Morgan fingerprint density at radius 3 is 2.19 bits per heavy atom. The highest BCUT2D eigenvalue weighted by molar-refractivity contribution is 6.70. The lowest BCUT2D eigenvalue weighted by molar-refractivity contribution is -0.153. The van der Waals surface area contributed by atoms with Crippen LogP contribution in [0.25, 0.3) is 0 Å². The third-order valence-corrected chi connectivity index (χ3v) is 13.2. The topological polar surface area (TPSA) is 87.9 Å². The molecule has 4 aliphatic carbocycles. The van der Waals surface area contributed by atoms with Crippen molar-refractivity contribution in [2.45, 2.75) is 123 Å². The Morgan fingerprint density at radius 1 is 0.953 bits per heavy atom. The summed E-state index contributed by atoms with van der Waals surface area (Å²) < 4.78 is 20.7. The van der Waals surface area contributed by atoms with Crippen molar-refractivity contribution in [1.82, 2.24) is 0 Å². The quantitative estimate of drug-likeness (QED) is 0.139. The molecule has 0 aromatic carbocycles. The molecule has 0 spiro atoms. The van der Waals surface area contributed by atoms with Gasteiger partial charge in [0.2, 0.25) is 0 Å². The predicted octanol–water partition coefficient (Wildman–Crippen LogP) is 7.40. The molecule has 244 valence electrons. The van der Waals surface area contributed by atoms with Gasteiger partial charge in [-0.1, -0.05) is 24.2 Å². The summed E-state index contributed by atoms with van der Waals surface area (Å²) >= 11 is 0. The highest BCUT2D eigenvalue weighted by atomic mass is 28.4. The van der Waals surface area contributed by atoms with E-state index in [4.69, 9.17) is 23.0 Å². The molecule has 0 N–H and O–H groups in total. The molecule has 3 fully saturated rings. The molecule has 43 heavy (non-hydrogen) atoms. The molecule has 11 heteroatoms. The van der Waals surface area contributed by atoms with Crippen LogP contribution < -0.4 is 0 Å². The van der Waals surface area contributed by atoms with E-state index >= 15 is 0 Å². The van der Waals surface area contributed by atoms with Gasteiger partial charge >= 0.3 is 0 Å². The van der Waals surface area contributed by atoms with Gasteiger partial charge in [-0.25, -0.2) is 0 Å². The fourth-order valence-corrected chi connectivity index (χ4v) is 12.1. The molecule has 0 saturated heterocycles. The fraction of sp³-hybridized carbons (Fsp3) is 0.844. The van der Waals surface area contributed by atoms with E-state index in [9.17, 15) is 4.79 Å². The van der Waals surface area contributed by atoms with Gasteiger partial charge in [-0.15, -0.1) is 0 Å². The van der Waals surface area contributed by atoms with E-state index in [1.54, 1.807) is 14.2 Å². The molecule has 0 aromatic rings. The second-order valence-electron chi connectivity index (χ2n) is 16.7. The largest absolute Gasteiger partial charge is 0.412 e. The van der Waals surface area contributed by atoms with Crippen molar-refractivity contribution >= 4 is 42.2 Å². The Balaban J connectivity index is 1.84. The van der Waals surface area contributed by atoms with E-state index in [2.05, 4.69) is 89.2 Å². The number of carbonyl (C=O) groups excluding carboxylic acids is 1. The molecule has 3 saturated carbocycles. The molecular weight excluding hydrogens is 593 g/mol. The van der Waals surface area contributed by atoms with Crippen molar-refractivity contribution < 1.29 is 27.7 Å². The molecule has 0 amide bonds. The van der Waals surface area contributed by atoms with Crippen LogP contribution in [0.2, 0.25) is 58.9 Å². The van der Waals surface area contributed by atoms with Gasteiger partial charge in [0.15, 0.2) is 25.0 Å². The average Bonchev–Trinajstić information content (AvgIpc) is 3.11. The highest BCUT2D eigenvalue weighted by Gasteiger charge is 2.70. The number of hydrogen-bond donors (Lipinski definition) is 0. The van der Waals surface area contributed by atoms with Crippen LogP contribution in [-0.2, 0) is 27.7 Å². The number of Topliss-reactive ketones (excluding diaryl/α,β-unsaturated/α-hetero) is 1. The number of ketones is 1. The van der Waals surface area contributed by atoms with Crippen molar-refractivity contribution in [3.8, 4) is 0 Å². The first-order valence-electron chi connectivity index (χ1n) is 16.2. The molecule has 4 aliphatic rings. The summed E-state index contributed by atoms with van der Waals surface area (Å²) in [4.78, 5) is 25.4. The summed E-state index contributed by atoms with van der Waals surface area (Å²) in [6.07, 6.45) is 6.94. The summed E-state index contributed by atoms with van der Waals surface area (Å²) in [5, 5.41) is 8.96. The van der Waals surface area contributed by atoms with Crippen LogP contribution in [0.1, 0.15) is 52.4 Å². The zero-order valence-corrected chi connectivity index (χ0v) is 32.2. The SMILES string of the molecule is CO/N=C1/C=C2[C@H](O[Si](C)(C)C)C[C@@H]3[C@H](C(=O)C[C@@]4(C)[C@H]3CC[C@]4(O[Si](C)(C)C)/C(CO[Si](C)(C)C)=N/OC)[C@@]2(C)CC1. The maximum atomic E-state index is 14.7. The van der Waals surface area contributed by atoms with Crippen LogP contribution in [0.15, 0.2) is 22.0 Å². The number of allylic oxidation sites excluding steroid dienone is 1. The number of hydrogen-bond acceptors (Lipinski definition) is 8. The third-order valence-electron chi connectivity index (χ3n) is 10.3. The van der Waals surface area contributed by atoms with E-state index in [0.29, 0.717) is 24.7 Å². The zero-order valence-electron chi connectivity index (χ0n) is 29.2. The minimum Gasteiger partial charge on any atom is -0.412 e. The van der Waals surface area contributed by atoms with E-state index < -0.39 is 36.0 Å². The lowest BCUT2D eigenvalue weighted by Gasteiger charge is -2.61. The van der Waals surface area contributed by atoms with Crippen LogP contribution in [-0.4, -0.2) is 74.7 Å². The molecule has 0 aromatic heterocycles. The summed E-state index contributed by atoms with van der Waals surface area (Å²) in [6.45, 7) is 25.1. The van der Waals surface area contributed by atoms with Gasteiger partial charge in [-0.2, -0.15) is 0 Å². The first-order chi connectivity index (χ1) is 19.7.